The van der Waals surface area contributed by atoms with Crippen molar-refractivity contribution < 1.29 is 13.2 Å². The van der Waals surface area contributed by atoms with E-state index >= 15 is 0 Å². The van der Waals surface area contributed by atoms with Crippen molar-refractivity contribution in [3.63, 3.8) is 0 Å². The Labute approximate surface area is 151 Å². The van der Waals surface area contributed by atoms with E-state index in [-0.39, 0.29) is 11.7 Å². The smallest absolute Gasteiger partial charge is 0.251 e. The third-order valence-electron chi connectivity index (χ3n) is 4.70. The SMILES string of the molecule is CCN(CC)CCNC(=O)c1ccc(C)c(N2CCCCS2(=O)=O)c1. The normalized spacial score (nSPS) is 16.9. The Balaban J connectivity index is 2.11. The van der Waals surface area contributed by atoms with E-state index in [0.717, 1.165) is 31.6 Å². The minimum Gasteiger partial charge on any atom is -0.351 e. The summed E-state index contributed by atoms with van der Waals surface area (Å²) < 4.78 is 26.2. The van der Waals surface area contributed by atoms with Gasteiger partial charge >= 0.3 is 0 Å². The second-order valence-electron chi connectivity index (χ2n) is 6.38. The Hall–Kier alpha value is -1.60. The summed E-state index contributed by atoms with van der Waals surface area (Å²) in [5, 5.41) is 2.92. The third-order valence-corrected chi connectivity index (χ3v) is 6.55. The van der Waals surface area contributed by atoms with Crippen molar-refractivity contribution in [3.8, 4) is 0 Å². The van der Waals surface area contributed by atoms with E-state index < -0.39 is 10.0 Å². The van der Waals surface area contributed by atoms with Crippen LogP contribution in [-0.2, 0) is 10.0 Å². The summed E-state index contributed by atoms with van der Waals surface area (Å²) in [6, 6.07) is 5.27. The highest BCUT2D eigenvalue weighted by Gasteiger charge is 2.27. The Bertz CT molecular complexity index is 700. The molecule has 0 spiro atoms. The van der Waals surface area contributed by atoms with E-state index in [1.807, 2.05) is 13.0 Å². The number of anilines is 1. The lowest BCUT2D eigenvalue weighted by Gasteiger charge is -2.29. The van der Waals surface area contributed by atoms with Gasteiger partial charge in [0.15, 0.2) is 0 Å². The summed E-state index contributed by atoms with van der Waals surface area (Å²) in [6.45, 7) is 9.83. The van der Waals surface area contributed by atoms with Crippen molar-refractivity contribution in [2.45, 2.75) is 33.6 Å². The standard InChI is InChI=1S/C18H29N3O3S/c1-4-20(5-2)12-10-19-18(22)16-9-8-15(3)17(14-16)21-11-6-7-13-25(21,23)24/h8-9,14H,4-7,10-13H2,1-3H3,(H,19,22). The summed E-state index contributed by atoms with van der Waals surface area (Å²) >= 11 is 0. The van der Waals surface area contributed by atoms with Crippen molar-refractivity contribution in [3.05, 3.63) is 29.3 Å². The maximum atomic E-state index is 12.4. The molecule has 1 aromatic carbocycles. The van der Waals surface area contributed by atoms with Crippen LogP contribution in [0.25, 0.3) is 0 Å². The van der Waals surface area contributed by atoms with Crippen LogP contribution in [0.15, 0.2) is 18.2 Å². The fourth-order valence-electron chi connectivity index (χ4n) is 3.05. The fourth-order valence-corrected chi connectivity index (χ4v) is 4.74. The third kappa shape index (κ3) is 4.95. The highest BCUT2D eigenvalue weighted by Crippen LogP contribution is 2.27. The molecule has 7 heteroatoms. The van der Waals surface area contributed by atoms with E-state index in [2.05, 4.69) is 24.1 Å². The van der Waals surface area contributed by atoms with Gasteiger partial charge in [0.25, 0.3) is 5.91 Å². The summed E-state index contributed by atoms with van der Waals surface area (Å²) in [4.78, 5) is 14.7. The Morgan fingerprint density at radius 3 is 2.60 bits per heavy atom. The topological polar surface area (TPSA) is 69.7 Å². The number of hydrogen-bond acceptors (Lipinski definition) is 4. The summed E-state index contributed by atoms with van der Waals surface area (Å²) in [6.07, 6.45) is 1.54. The first-order valence-electron chi connectivity index (χ1n) is 9.00. The number of carbonyl (C=O) groups is 1. The van der Waals surface area contributed by atoms with Crippen LogP contribution in [0.4, 0.5) is 5.69 Å². The van der Waals surface area contributed by atoms with Gasteiger partial charge in [-0.05, 0) is 50.6 Å². The molecule has 0 radical (unpaired) electrons. The van der Waals surface area contributed by atoms with Crippen LogP contribution in [0.2, 0.25) is 0 Å². The molecule has 2 rings (SSSR count). The van der Waals surface area contributed by atoms with Crippen molar-refractivity contribution in [1.82, 2.24) is 10.2 Å². The average molecular weight is 368 g/mol. The highest BCUT2D eigenvalue weighted by molar-refractivity contribution is 7.92. The lowest BCUT2D eigenvalue weighted by atomic mass is 10.1. The van der Waals surface area contributed by atoms with Gasteiger partial charge in [0.05, 0.1) is 11.4 Å². The van der Waals surface area contributed by atoms with Gasteiger partial charge in [-0.3, -0.25) is 9.10 Å². The van der Waals surface area contributed by atoms with Crippen LogP contribution in [0, 0.1) is 6.92 Å². The Kier molecular flexibility index (Phi) is 6.84. The number of aryl methyl sites for hydroxylation is 1. The number of rotatable bonds is 7. The molecule has 140 valence electrons. The monoisotopic (exact) mass is 367 g/mol. The number of amides is 1. The predicted octanol–water partition coefficient (Wildman–Crippen LogP) is 2.00. The largest absolute Gasteiger partial charge is 0.351 e. The molecule has 0 aromatic heterocycles. The molecular weight excluding hydrogens is 338 g/mol. The van der Waals surface area contributed by atoms with Gasteiger partial charge in [-0.1, -0.05) is 19.9 Å². The second-order valence-corrected chi connectivity index (χ2v) is 8.39. The number of hydrogen-bond donors (Lipinski definition) is 1. The van der Waals surface area contributed by atoms with Crippen LogP contribution >= 0.6 is 0 Å². The summed E-state index contributed by atoms with van der Waals surface area (Å²) in [7, 11) is -3.28. The molecule has 1 amide bonds. The van der Waals surface area contributed by atoms with E-state index in [1.54, 1.807) is 12.1 Å². The van der Waals surface area contributed by atoms with Gasteiger partial charge in [-0.25, -0.2) is 8.42 Å². The Morgan fingerprint density at radius 2 is 1.96 bits per heavy atom. The molecule has 0 aliphatic carbocycles. The van der Waals surface area contributed by atoms with Gasteiger partial charge in [-0.15, -0.1) is 0 Å². The number of carbonyl (C=O) groups excluding carboxylic acids is 1. The first kappa shape index (κ1) is 19.7. The van der Waals surface area contributed by atoms with E-state index in [4.69, 9.17) is 0 Å². The number of benzene rings is 1. The predicted molar refractivity (Wildman–Crippen MR) is 102 cm³/mol. The van der Waals surface area contributed by atoms with Gasteiger partial charge in [0.1, 0.15) is 0 Å². The van der Waals surface area contributed by atoms with E-state index in [1.165, 1.54) is 4.31 Å². The van der Waals surface area contributed by atoms with Crippen LogP contribution in [-0.4, -0.2) is 57.7 Å². The number of sulfonamides is 1. The molecule has 1 fully saturated rings. The molecule has 0 bridgehead atoms. The number of likely N-dealkylation sites (N-methyl/N-ethyl adjacent to an activating group) is 1. The van der Waals surface area contributed by atoms with E-state index in [9.17, 15) is 13.2 Å². The lowest BCUT2D eigenvalue weighted by Crippen LogP contribution is -2.38. The van der Waals surface area contributed by atoms with Crippen molar-refractivity contribution in [2.24, 2.45) is 0 Å². The molecule has 25 heavy (non-hydrogen) atoms. The molecule has 1 saturated heterocycles. The highest BCUT2D eigenvalue weighted by atomic mass is 32.2. The summed E-state index contributed by atoms with van der Waals surface area (Å²) in [5.41, 5.74) is 1.99. The molecule has 1 N–H and O–H groups in total. The second kappa shape index (κ2) is 8.67. The first-order chi connectivity index (χ1) is 11.9. The van der Waals surface area contributed by atoms with Gasteiger partial charge < -0.3 is 10.2 Å². The van der Waals surface area contributed by atoms with Crippen molar-refractivity contribution in [1.29, 1.82) is 0 Å². The zero-order chi connectivity index (χ0) is 18.4. The molecule has 0 saturated carbocycles. The summed E-state index contributed by atoms with van der Waals surface area (Å²) in [5.74, 6) is 0.00929. The van der Waals surface area contributed by atoms with Crippen LogP contribution in [0.5, 0.6) is 0 Å². The first-order valence-corrected chi connectivity index (χ1v) is 10.6. The van der Waals surface area contributed by atoms with Gasteiger partial charge in [0, 0.05) is 25.2 Å². The van der Waals surface area contributed by atoms with Crippen LogP contribution in [0.1, 0.15) is 42.6 Å². The van der Waals surface area contributed by atoms with Crippen molar-refractivity contribution >= 4 is 21.6 Å². The van der Waals surface area contributed by atoms with E-state index in [0.29, 0.717) is 30.8 Å². The Morgan fingerprint density at radius 1 is 1.24 bits per heavy atom. The minimum absolute atomic E-state index is 0.164. The maximum Gasteiger partial charge on any atom is 0.251 e. The number of nitrogens with zero attached hydrogens (tertiary/aromatic N) is 2. The van der Waals surface area contributed by atoms with Gasteiger partial charge in [-0.2, -0.15) is 0 Å². The molecule has 1 heterocycles. The van der Waals surface area contributed by atoms with Crippen molar-refractivity contribution in [2.75, 3.05) is 42.8 Å². The molecule has 1 aliphatic rings. The molecule has 0 atom stereocenters. The molecule has 1 aromatic rings. The number of nitrogens with one attached hydrogen (secondary N) is 1. The quantitative estimate of drug-likeness (QED) is 0.800. The molecule has 0 unspecified atom stereocenters. The zero-order valence-electron chi connectivity index (χ0n) is 15.4. The molecule has 6 nitrogen and oxygen atoms in total. The zero-order valence-corrected chi connectivity index (χ0v) is 16.2. The molecule has 1 aliphatic heterocycles. The molecular formula is C18H29N3O3S. The average Bonchev–Trinajstić information content (AvgIpc) is 2.59. The van der Waals surface area contributed by atoms with Crippen LogP contribution < -0.4 is 9.62 Å². The maximum absolute atomic E-state index is 12.4. The fraction of sp³-hybridized carbons (Fsp3) is 0.611. The lowest BCUT2D eigenvalue weighted by molar-refractivity contribution is 0.0949. The van der Waals surface area contributed by atoms with Crippen LogP contribution in [0.3, 0.4) is 0 Å². The van der Waals surface area contributed by atoms with Gasteiger partial charge in [0.2, 0.25) is 10.0 Å². The minimum atomic E-state index is -3.28.